The van der Waals surface area contributed by atoms with E-state index in [1.807, 2.05) is 6.07 Å². The second kappa shape index (κ2) is 8.79. The first-order chi connectivity index (χ1) is 9.58. The molecule has 0 aliphatic heterocycles. The number of carbonyl (C=O) groups excluding carboxylic acids is 1. The van der Waals surface area contributed by atoms with Gasteiger partial charge in [-0.1, -0.05) is 11.6 Å². The van der Waals surface area contributed by atoms with Gasteiger partial charge in [0.15, 0.2) is 0 Å². The van der Waals surface area contributed by atoms with E-state index in [1.165, 1.54) is 0 Å². The molecule has 6 heteroatoms. The largest absolute Gasteiger partial charge is 0.496 e. The van der Waals surface area contributed by atoms with Crippen LogP contribution in [0, 0.1) is 0 Å². The van der Waals surface area contributed by atoms with Gasteiger partial charge in [0.1, 0.15) is 5.75 Å². The van der Waals surface area contributed by atoms with E-state index in [0.29, 0.717) is 24.7 Å². The fourth-order valence-electron chi connectivity index (χ4n) is 1.72. The van der Waals surface area contributed by atoms with Crippen LogP contribution in [0.3, 0.4) is 0 Å². The van der Waals surface area contributed by atoms with Gasteiger partial charge in [0.25, 0.3) is 0 Å². The predicted molar refractivity (Wildman–Crippen MR) is 79.2 cm³/mol. The van der Waals surface area contributed by atoms with Crippen molar-refractivity contribution in [1.29, 1.82) is 0 Å². The number of carbonyl (C=O) groups is 1. The molecule has 1 aromatic carbocycles. The van der Waals surface area contributed by atoms with Gasteiger partial charge in [-0.05, 0) is 18.2 Å². The number of halogens is 1. The van der Waals surface area contributed by atoms with Crippen molar-refractivity contribution in [3.05, 3.63) is 28.8 Å². The van der Waals surface area contributed by atoms with Gasteiger partial charge in [-0.15, -0.1) is 0 Å². The zero-order valence-electron chi connectivity index (χ0n) is 12.1. The summed E-state index contributed by atoms with van der Waals surface area (Å²) in [5, 5.41) is 3.64. The van der Waals surface area contributed by atoms with Crippen molar-refractivity contribution in [3.63, 3.8) is 0 Å². The van der Waals surface area contributed by atoms with Crippen LogP contribution in [-0.2, 0) is 16.1 Å². The minimum Gasteiger partial charge on any atom is -0.496 e. The Labute approximate surface area is 124 Å². The minimum atomic E-state index is 0.00290. The average molecular weight is 301 g/mol. The highest BCUT2D eigenvalue weighted by Gasteiger charge is 2.12. The monoisotopic (exact) mass is 300 g/mol. The average Bonchev–Trinajstić information content (AvgIpc) is 2.43. The van der Waals surface area contributed by atoms with E-state index in [0.717, 1.165) is 11.3 Å². The van der Waals surface area contributed by atoms with Crippen molar-refractivity contribution in [2.75, 3.05) is 41.0 Å². The molecule has 0 spiro atoms. The molecule has 0 aromatic heterocycles. The van der Waals surface area contributed by atoms with Crippen LogP contribution >= 0.6 is 11.6 Å². The van der Waals surface area contributed by atoms with Crippen molar-refractivity contribution < 1.29 is 14.3 Å². The SMILES string of the molecule is COCCNCC(=O)N(C)Cc1cc(Cl)ccc1OC. The maximum Gasteiger partial charge on any atom is 0.236 e. The van der Waals surface area contributed by atoms with Gasteiger partial charge in [0.05, 0.1) is 20.3 Å². The fourth-order valence-corrected chi connectivity index (χ4v) is 1.91. The van der Waals surface area contributed by atoms with Crippen molar-refractivity contribution in [2.45, 2.75) is 6.54 Å². The number of nitrogens with one attached hydrogen (secondary N) is 1. The topological polar surface area (TPSA) is 50.8 Å². The number of benzene rings is 1. The summed E-state index contributed by atoms with van der Waals surface area (Å²) < 4.78 is 10.2. The third kappa shape index (κ3) is 5.36. The van der Waals surface area contributed by atoms with E-state index in [4.69, 9.17) is 21.1 Å². The molecule has 0 fully saturated rings. The van der Waals surface area contributed by atoms with E-state index >= 15 is 0 Å². The van der Waals surface area contributed by atoms with Gasteiger partial charge < -0.3 is 19.7 Å². The van der Waals surface area contributed by atoms with E-state index in [2.05, 4.69) is 5.32 Å². The Kier molecular flexibility index (Phi) is 7.36. The number of methoxy groups -OCH3 is 2. The Bertz CT molecular complexity index is 440. The van der Waals surface area contributed by atoms with Crippen LogP contribution in [0.5, 0.6) is 5.75 Å². The molecule has 0 atom stereocenters. The molecule has 1 N–H and O–H groups in total. The Morgan fingerprint density at radius 1 is 1.40 bits per heavy atom. The molecule has 1 aromatic rings. The molecule has 0 unspecified atom stereocenters. The number of rotatable bonds is 8. The summed E-state index contributed by atoms with van der Waals surface area (Å²) in [7, 11) is 4.97. The summed E-state index contributed by atoms with van der Waals surface area (Å²) in [5.41, 5.74) is 0.882. The lowest BCUT2D eigenvalue weighted by atomic mass is 10.2. The molecule has 0 saturated carbocycles. The molecule has 0 radical (unpaired) electrons. The Hall–Kier alpha value is -1.30. The van der Waals surface area contributed by atoms with Gasteiger partial charge in [-0.25, -0.2) is 0 Å². The van der Waals surface area contributed by atoms with Crippen LogP contribution in [0.4, 0.5) is 0 Å². The number of amides is 1. The second-order valence-corrected chi connectivity index (χ2v) is 4.81. The lowest BCUT2D eigenvalue weighted by molar-refractivity contribution is -0.129. The Balaban J connectivity index is 2.54. The molecular weight excluding hydrogens is 280 g/mol. The number of hydrogen-bond donors (Lipinski definition) is 1. The van der Waals surface area contributed by atoms with E-state index < -0.39 is 0 Å². The third-order valence-electron chi connectivity index (χ3n) is 2.83. The Morgan fingerprint density at radius 2 is 2.15 bits per heavy atom. The van der Waals surface area contributed by atoms with Crippen molar-refractivity contribution >= 4 is 17.5 Å². The van der Waals surface area contributed by atoms with E-state index in [9.17, 15) is 4.79 Å². The molecule has 1 rings (SSSR count). The molecule has 0 aliphatic rings. The van der Waals surface area contributed by atoms with Gasteiger partial charge in [-0.3, -0.25) is 4.79 Å². The lowest BCUT2D eigenvalue weighted by Gasteiger charge is -2.19. The van der Waals surface area contributed by atoms with Gasteiger partial charge >= 0.3 is 0 Å². The highest BCUT2D eigenvalue weighted by Crippen LogP contribution is 2.23. The first kappa shape index (κ1) is 16.8. The standard InChI is InChI=1S/C14H21ClN2O3/c1-17(14(18)9-16-6-7-19-2)10-11-8-12(15)4-5-13(11)20-3/h4-5,8,16H,6-7,9-10H2,1-3H3. The van der Waals surface area contributed by atoms with Crippen LogP contribution in [0.2, 0.25) is 5.02 Å². The third-order valence-corrected chi connectivity index (χ3v) is 3.07. The molecule has 0 saturated heterocycles. The first-order valence-corrected chi connectivity index (χ1v) is 6.72. The van der Waals surface area contributed by atoms with Crippen LogP contribution in [-0.4, -0.2) is 51.8 Å². The van der Waals surface area contributed by atoms with Gasteiger partial charge in [-0.2, -0.15) is 0 Å². The smallest absolute Gasteiger partial charge is 0.236 e. The summed E-state index contributed by atoms with van der Waals surface area (Å²) in [6.07, 6.45) is 0. The maximum atomic E-state index is 11.9. The number of nitrogens with zero attached hydrogens (tertiary/aromatic N) is 1. The highest BCUT2D eigenvalue weighted by molar-refractivity contribution is 6.30. The summed E-state index contributed by atoms with van der Waals surface area (Å²) in [6, 6.07) is 5.37. The molecular formula is C14H21ClN2O3. The molecule has 0 heterocycles. The molecule has 5 nitrogen and oxygen atoms in total. The first-order valence-electron chi connectivity index (χ1n) is 6.34. The van der Waals surface area contributed by atoms with Crippen LogP contribution in [0.25, 0.3) is 0 Å². The summed E-state index contributed by atoms with van der Waals surface area (Å²) in [5.74, 6) is 0.726. The summed E-state index contributed by atoms with van der Waals surface area (Å²) >= 11 is 5.97. The van der Waals surface area contributed by atoms with E-state index in [1.54, 1.807) is 38.3 Å². The predicted octanol–water partition coefficient (Wildman–Crippen LogP) is 1.54. The molecule has 1 amide bonds. The van der Waals surface area contributed by atoms with Gasteiger partial charge in [0.2, 0.25) is 5.91 Å². The summed E-state index contributed by atoms with van der Waals surface area (Å²) in [6.45, 7) is 1.97. The zero-order valence-corrected chi connectivity index (χ0v) is 12.9. The van der Waals surface area contributed by atoms with Crippen LogP contribution in [0.1, 0.15) is 5.56 Å². The molecule has 0 bridgehead atoms. The zero-order chi connectivity index (χ0) is 15.0. The Morgan fingerprint density at radius 3 is 2.80 bits per heavy atom. The normalized spacial score (nSPS) is 10.4. The van der Waals surface area contributed by atoms with Crippen LogP contribution < -0.4 is 10.1 Å². The number of ether oxygens (including phenoxy) is 2. The fraction of sp³-hybridized carbons (Fsp3) is 0.500. The lowest BCUT2D eigenvalue weighted by Crippen LogP contribution is -2.36. The second-order valence-electron chi connectivity index (χ2n) is 4.38. The van der Waals surface area contributed by atoms with E-state index in [-0.39, 0.29) is 12.5 Å². The maximum absolute atomic E-state index is 11.9. The quantitative estimate of drug-likeness (QED) is 0.740. The van der Waals surface area contributed by atoms with Gasteiger partial charge in [0, 0.05) is 37.8 Å². The number of hydrogen-bond acceptors (Lipinski definition) is 4. The van der Waals surface area contributed by atoms with Crippen molar-refractivity contribution in [2.24, 2.45) is 0 Å². The molecule has 20 heavy (non-hydrogen) atoms. The minimum absolute atomic E-state index is 0.00290. The summed E-state index contributed by atoms with van der Waals surface area (Å²) in [4.78, 5) is 13.6. The van der Waals surface area contributed by atoms with Crippen LogP contribution in [0.15, 0.2) is 18.2 Å². The molecule has 0 aliphatic carbocycles. The number of likely N-dealkylation sites (N-methyl/N-ethyl adjacent to an activating group) is 1. The molecule has 112 valence electrons. The highest BCUT2D eigenvalue weighted by atomic mass is 35.5. The van der Waals surface area contributed by atoms with Crippen molar-refractivity contribution in [1.82, 2.24) is 10.2 Å². The van der Waals surface area contributed by atoms with Crippen molar-refractivity contribution in [3.8, 4) is 5.75 Å².